The molecule has 0 unspecified atom stereocenters. The first-order valence-corrected chi connectivity index (χ1v) is 9.02. The molecule has 0 spiro atoms. The molecule has 1 aliphatic heterocycles. The Hall–Kier alpha value is -2.70. The van der Waals surface area contributed by atoms with Crippen LogP contribution in [0.2, 0.25) is 0 Å². The van der Waals surface area contributed by atoms with E-state index in [0.717, 1.165) is 58.7 Å². The van der Waals surface area contributed by atoms with E-state index >= 15 is 0 Å². The zero-order chi connectivity index (χ0) is 17.0. The first-order valence-electron chi connectivity index (χ1n) is 9.02. The first-order chi connectivity index (χ1) is 12.3. The zero-order valence-corrected chi connectivity index (χ0v) is 14.6. The van der Waals surface area contributed by atoms with E-state index in [1.807, 2.05) is 34.6 Å². The molecule has 1 fully saturated rings. The largest absolute Gasteiger partial charge is 0.356 e. The minimum atomic E-state index is 0.799. The van der Waals surface area contributed by atoms with Crippen molar-refractivity contribution in [1.29, 1.82) is 0 Å². The van der Waals surface area contributed by atoms with Crippen molar-refractivity contribution in [2.75, 3.05) is 18.0 Å². The molecule has 0 N–H and O–H groups in total. The van der Waals surface area contributed by atoms with Crippen molar-refractivity contribution in [3.63, 3.8) is 0 Å². The van der Waals surface area contributed by atoms with E-state index in [-0.39, 0.29) is 0 Å². The normalized spacial score (nSPS) is 15.7. The molecule has 0 aromatic carbocycles. The number of aromatic nitrogens is 6. The SMILES string of the molecule is CCn1ncc2c1ncc1c(N3CCCCC3)nc3cc(C)nn3c12. The lowest BCUT2D eigenvalue weighted by Crippen LogP contribution is -2.30. The lowest BCUT2D eigenvalue weighted by atomic mass is 10.1. The summed E-state index contributed by atoms with van der Waals surface area (Å²) in [6.07, 6.45) is 7.59. The third-order valence-corrected chi connectivity index (χ3v) is 5.08. The highest BCUT2D eigenvalue weighted by Gasteiger charge is 2.21. The molecule has 7 heteroatoms. The molecule has 0 amide bonds. The van der Waals surface area contributed by atoms with Gasteiger partial charge in [0.05, 0.1) is 28.2 Å². The fourth-order valence-corrected chi connectivity index (χ4v) is 3.88. The van der Waals surface area contributed by atoms with Gasteiger partial charge >= 0.3 is 0 Å². The van der Waals surface area contributed by atoms with Crippen LogP contribution < -0.4 is 4.90 Å². The summed E-state index contributed by atoms with van der Waals surface area (Å²) in [5.41, 5.74) is 3.82. The molecule has 128 valence electrons. The monoisotopic (exact) mass is 335 g/mol. The predicted octanol–water partition coefficient (Wildman–Crippen LogP) is 2.95. The van der Waals surface area contributed by atoms with Crippen LogP contribution in [-0.2, 0) is 6.54 Å². The van der Waals surface area contributed by atoms with E-state index in [2.05, 4.69) is 22.0 Å². The number of aryl methyl sites for hydroxylation is 2. The van der Waals surface area contributed by atoms with E-state index in [4.69, 9.17) is 9.97 Å². The van der Waals surface area contributed by atoms with Crippen molar-refractivity contribution < 1.29 is 0 Å². The summed E-state index contributed by atoms with van der Waals surface area (Å²) < 4.78 is 3.88. The van der Waals surface area contributed by atoms with Crippen molar-refractivity contribution in [2.45, 2.75) is 39.7 Å². The fourth-order valence-electron chi connectivity index (χ4n) is 3.88. The molecule has 0 aliphatic carbocycles. The molecule has 5 heterocycles. The van der Waals surface area contributed by atoms with Crippen LogP contribution in [0.1, 0.15) is 31.9 Å². The average molecular weight is 335 g/mol. The second-order valence-corrected chi connectivity index (χ2v) is 6.76. The molecule has 0 radical (unpaired) electrons. The van der Waals surface area contributed by atoms with E-state index in [1.54, 1.807) is 0 Å². The number of rotatable bonds is 2. The lowest BCUT2D eigenvalue weighted by molar-refractivity contribution is 0.575. The quantitative estimate of drug-likeness (QED) is 0.563. The number of nitrogens with zero attached hydrogens (tertiary/aromatic N) is 7. The van der Waals surface area contributed by atoms with Crippen LogP contribution in [0.4, 0.5) is 5.82 Å². The number of hydrogen-bond donors (Lipinski definition) is 0. The highest BCUT2D eigenvalue weighted by molar-refractivity contribution is 6.06. The van der Waals surface area contributed by atoms with Crippen LogP contribution in [0, 0.1) is 6.92 Å². The standard InChI is InChI=1S/C18H21N7/c1-3-24-17-14(11-20-24)16-13(10-19-17)18(23-7-5-4-6-8-23)21-15-9-12(2)22-25(15)16/h9-11H,3-8H2,1-2H3. The van der Waals surface area contributed by atoms with E-state index in [9.17, 15) is 0 Å². The van der Waals surface area contributed by atoms with Crippen molar-refractivity contribution >= 4 is 33.4 Å². The third-order valence-electron chi connectivity index (χ3n) is 5.08. The Labute approximate surface area is 145 Å². The highest BCUT2D eigenvalue weighted by atomic mass is 15.3. The maximum Gasteiger partial charge on any atom is 0.159 e. The summed E-state index contributed by atoms with van der Waals surface area (Å²) >= 11 is 0. The first kappa shape index (κ1) is 14.6. The van der Waals surface area contributed by atoms with Crippen molar-refractivity contribution in [3.8, 4) is 0 Å². The summed E-state index contributed by atoms with van der Waals surface area (Å²) in [5, 5.41) is 11.3. The van der Waals surface area contributed by atoms with Gasteiger partial charge in [-0.2, -0.15) is 10.2 Å². The molecule has 5 rings (SSSR count). The number of pyridine rings is 1. The van der Waals surface area contributed by atoms with Crippen LogP contribution in [0.5, 0.6) is 0 Å². The van der Waals surface area contributed by atoms with Crippen LogP contribution in [0.25, 0.3) is 27.6 Å². The molecular weight excluding hydrogens is 314 g/mol. The summed E-state index contributed by atoms with van der Waals surface area (Å²) in [6, 6.07) is 2.05. The van der Waals surface area contributed by atoms with Gasteiger partial charge in [0.1, 0.15) is 5.82 Å². The Morgan fingerprint density at radius 2 is 1.92 bits per heavy atom. The molecule has 25 heavy (non-hydrogen) atoms. The Balaban J connectivity index is 1.90. The summed E-state index contributed by atoms with van der Waals surface area (Å²) in [5.74, 6) is 1.03. The Kier molecular flexibility index (Phi) is 3.16. The van der Waals surface area contributed by atoms with Gasteiger partial charge in [0.25, 0.3) is 0 Å². The third kappa shape index (κ3) is 2.11. The van der Waals surface area contributed by atoms with Gasteiger partial charge in [-0.15, -0.1) is 0 Å². The molecule has 0 saturated carbocycles. The predicted molar refractivity (Wildman–Crippen MR) is 98.1 cm³/mol. The summed E-state index contributed by atoms with van der Waals surface area (Å²) in [4.78, 5) is 12.0. The molecular formula is C18H21N7. The second kappa shape index (κ2) is 5.40. The Morgan fingerprint density at radius 1 is 1.08 bits per heavy atom. The van der Waals surface area contributed by atoms with Gasteiger partial charge in [0.2, 0.25) is 0 Å². The van der Waals surface area contributed by atoms with Gasteiger partial charge < -0.3 is 4.90 Å². The molecule has 0 bridgehead atoms. The van der Waals surface area contributed by atoms with Crippen molar-refractivity contribution in [2.24, 2.45) is 0 Å². The molecule has 0 atom stereocenters. The molecule has 4 aromatic heterocycles. The maximum atomic E-state index is 4.94. The number of piperidine rings is 1. The number of anilines is 1. The molecule has 7 nitrogen and oxygen atoms in total. The molecule has 1 saturated heterocycles. The minimum Gasteiger partial charge on any atom is -0.356 e. The Morgan fingerprint density at radius 3 is 2.72 bits per heavy atom. The van der Waals surface area contributed by atoms with Crippen LogP contribution >= 0.6 is 0 Å². The van der Waals surface area contributed by atoms with E-state index < -0.39 is 0 Å². The number of fused-ring (bicyclic) bond motifs is 5. The van der Waals surface area contributed by atoms with Gasteiger partial charge in [-0.05, 0) is 33.1 Å². The lowest BCUT2D eigenvalue weighted by Gasteiger charge is -2.28. The van der Waals surface area contributed by atoms with Crippen molar-refractivity contribution in [1.82, 2.24) is 29.4 Å². The van der Waals surface area contributed by atoms with Gasteiger partial charge in [0.15, 0.2) is 11.3 Å². The fraction of sp³-hybridized carbons (Fsp3) is 0.444. The maximum absolute atomic E-state index is 4.94. The van der Waals surface area contributed by atoms with Gasteiger partial charge in [0, 0.05) is 31.9 Å². The molecule has 4 aromatic rings. The number of hydrogen-bond acceptors (Lipinski definition) is 5. The van der Waals surface area contributed by atoms with E-state index in [0.29, 0.717) is 0 Å². The van der Waals surface area contributed by atoms with Crippen LogP contribution in [-0.4, -0.2) is 42.5 Å². The van der Waals surface area contributed by atoms with Crippen LogP contribution in [0.3, 0.4) is 0 Å². The topological polar surface area (TPSA) is 64.1 Å². The van der Waals surface area contributed by atoms with E-state index in [1.165, 1.54) is 19.3 Å². The van der Waals surface area contributed by atoms with Crippen LogP contribution in [0.15, 0.2) is 18.5 Å². The Bertz CT molecular complexity index is 1090. The minimum absolute atomic E-state index is 0.799. The van der Waals surface area contributed by atoms with Crippen molar-refractivity contribution in [3.05, 3.63) is 24.2 Å². The smallest absolute Gasteiger partial charge is 0.159 e. The van der Waals surface area contributed by atoms with Gasteiger partial charge in [-0.3, -0.25) is 0 Å². The van der Waals surface area contributed by atoms with Gasteiger partial charge in [-0.1, -0.05) is 0 Å². The van der Waals surface area contributed by atoms with Gasteiger partial charge in [-0.25, -0.2) is 19.2 Å². The highest BCUT2D eigenvalue weighted by Crippen LogP contribution is 2.32. The zero-order valence-electron chi connectivity index (χ0n) is 14.6. The molecule has 1 aliphatic rings. The summed E-state index contributed by atoms with van der Waals surface area (Å²) in [6.45, 7) is 7.00. The second-order valence-electron chi connectivity index (χ2n) is 6.76. The summed E-state index contributed by atoms with van der Waals surface area (Å²) in [7, 11) is 0. The average Bonchev–Trinajstić information content (AvgIpc) is 3.23.